The van der Waals surface area contributed by atoms with E-state index in [2.05, 4.69) is 35.6 Å². The predicted octanol–water partition coefficient (Wildman–Crippen LogP) is 5.09. The van der Waals surface area contributed by atoms with Gasteiger partial charge in [0.2, 0.25) is 17.7 Å². The normalized spacial score (nSPS) is 17.7. The number of anilines is 2. The van der Waals surface area contributed by atoms with Crippen LogP contribution in [0.3, 0.4) is 0 Å². The molecule has 16 heteroatoms. The van der Waals surface area contributed by atoms with Gasteiger partial charge in [0, 0.05) is 82.3 Å². The first-order valence-corrected chi connectivity index (χ1v) is 19.3. The molecule has 7 heterocycles. The maximum Gasteiger partial charge on any atom is 0.256 e. The fraction of sp³-hybridized carbons (Fsp3) is 0.233. The van der Waals surface area contributed by atoms with Gasteiger partial charge >= 0.3 is 0 Å². The van der Waals surface area contributed by atoms with E-state index in [1.807, 2.05) is 0 Å². The zero-order chi connectivity index (χ0) is 40.6. The van der Waals surface area contributed by atoms with Gasteiger partial charge in [0.05, 0.1) is 6.20 Å². The highest BCUT2D eigenvalue weighted by molar-refractivity contribution is 6.00. The lowest BCUT2D eigenvalue weighted by Gasteiger charge is -2.26. The van der Waals surface area contributed by atoms with E-state index >= 15 is 0 Å². The molecule has 59 heavy (non-hydrogen) atoms. The highest BCUT2D eigenvalue weighted by atomic mass is 16.4. The maximum absolute atomic E-state index is 13.4. The van der Waals surface area contributed by atoms with Crippen LogP contribution < -0.4 is 10.6 Å². The number of H-pyrrole nitrogens is 2. The van der Waals surface area contributed by atoms with Gasteiger partial charge in [-0.15, -0.1) is 0 Å². The molecule has 0 aliphatic carbocycles. The smallest absolute Gasteiger partial charge is 0.256 e. The van der Waals surface area contributed by atoms with Crippen LogP contribution in [0.5, 0.6) is 0 Å². The summed E-state index contributed by atoms with van der Waals surface area (Å²) in [6, 6.07) is 19.6. The highest BCUT2D eigenvalue weighted by Crippen LogP contribution is 2.32. The van der Waals surface area contributed by atoms with Crippen LogP contribution in [-0.4, -0.2) is 93.7 Å². The molecule has 5 aromatic heterocycles. The van der Waals surface area contributed by atoms with Gasteiger partial charge in [-0.3, -0.25) is 19.2 Å². The van der Waals surface area contributed by atoms with E-state index in [1.165, 1.54) is 9.80 Å². The zero-order valence-corrected chi connectivity index (χ0v) is 31.5. The van der Waals surface area contributed by atoms with Crippen LogP contribution in [0, 0.1) is 0 Å². The summed E-state index contributed by atoms with van der Waals surface area (Å²) in [5, 5.41) is 29.1. The molecule has 4 amide bonds. The number of aromatic nitrogens is 5. The van der Waals surface area contributed by atoms with Crippen molar-refractivity contribution in [3.63, 3.8) is 0 Å². The Bertz CT molecular complexity index is 2510. The Hall–Kier alpha value is -7.17. The summed E-state index contributed by atoms with van der Waals surface area (Å²) in [6.45, 7) is 0.717. The first-order valence-electron chi connectivity index (χ1n) is 19.3. The zero-order valence-electron chi connectivity index (χ0n) is 31.5. The van der Waals surface area contributed by atoms with E-state index in [9.17, 15) is 29.4 Å². The van der Waals surface area contributed by atoms with Crippen molar-refractivity contribution in [2.45, 2.75) is 50.0 Å². The first-order chi connectivity index (χ1) is 28.7. The fourth-order valence-corrected chi connectivity index (χ4v) is 8.00. The van der Waals surface area contributed by atoms with Crippen molar-refractivity contribution in [2.24, 2.45) is 0 Å². The molecular formula is C43H39N9O7. The second-order valence-electron chi connectivity index (χ2n) is 14.6. The van der Waals surface area contributed by atoms with E-state index in [1.54, 1.807) is 104 Å². The number of aliphatic hydroxyl groups excluding tert-OH is 2. The number of carbonyl (C=O) groups is 4. The Labute approximate surface area is 336 Å². The molecule has 6 N–H and O–H groups in total. The van der Waals surface area contributed by atoms with E-state index in [0.29, 0.717) is 101 Å². The summed E-state index contributed by atoms with van der Waals surface area (Å²) >= 11 is 0. The van der Waals surface area contributed by atoms with Gasteiger partial charge < -0.3 is 45.0 Å². The SMILES string of the molecule is O=C(Nc1ccc(-c2cnc(-c3ccc(NC(=O)[C@@H]4CCCN4C(=O)C(O)c4c[nH]c5ncccc45)cc3)o2)cc1)[C@@H]1CCCN1C(=O)C(O)c1c[nH]c2ncccc12. The van der Waals surface area contributed by atoms with Crippen LogP contribution in [0.1, 0.15) is 49.0 Å². The molecule has 2 aromatic carbocycles. The lowest BCUT2D eigenvalue weighted by atomic mass is 10.1. The largest absolute Gasteiger partial charge is 0.436 e. The maximum atomic E-state index is 13.4. The predicted molar refractivity (Wildman–Crippen MR) is 216 cm³/mol. The van der Waals surface area contributed by atoms with Crippen LogP contribution in [0.25, 0.3) is 44.8 Å². The Morgan fingerprint density at radius 1 is 0.661 bits per heavy atom. The monoisotopic (exact) mass is 793 g/mol. The van der Waals surface area contributed by atoms with Crippen molar-refractivity contribution in [3.8, 4) is 22.8 Å². The molecule has 298 valence electrons. The standard InChI is InChI=1S/C43H39N9O7/c53-35(30-21-46-37-28(30)5-1-17-44-37)42(57)51-19-3-7-32(51)39(55)49-26-13-9-24(10-14-26)34-23-48-41(59-34)25-11-15-27(16-12-25)50-40(56)33-8-4-20-52(33)43(58)36(54)31-22-47-38-29(31)6-2-18-45-38/h1-2,5-6,9-18,21-23,32-33,35-36,53-54H,3-4,7-8,19-20H2,(H,44,46)(H,45,47)(H,49,55)(H,50,56)/t32-,33-,35?,36?/m0/s1. The van der Waals surface area contributed by atoms with E-state index in [4.69, 9.17) is 4.42 Å². The minimum atomic E-state index is -1.44. The number of rotatable bonds is 10. The lowest BCUT2D eigenvalue weighted by molar-refractivity contribution is -0.144. The number of carbonyl (C=O) groups excluding carboxylic acids is 4. The van der Waals surface area contributed by atoms with Gasteiger partial charge in [0.1, 0.15) is 23.4 Å². The Kier molecular flexibility index (Phi) is 9.92. The quantitative estimate of drug-likeness (QED) is 0.108. The van der Waals surface area contributed by atoms with E-state index in [-0.39, 0.29) is 11.8 Å². The van der Waals surface area contributed by atoms with Crippen molar-refractivity contribution >= 4 is 57.1 Å². The lowest BCUT2D eigenvalue weighted by Crippen LogP contribution is -2.45. The van der Waals surface area contributed by atoms with Gasteiger partial charge in [0.15, 0.2) is 18.0 Å². The molecule has 9 rings (SSSR count). The molecule has 2 aliphatic heterocycles. The second kappa shape index (κ2) is 15.6. The number of hydrogen-bond donors (Lipinski definition) is 6. The average molecular weight is 794 g/mol. The molecule has 0 radical (unpaired) electrons. The number of hydrogen-bond acceptors (Lipinski definition) is 10. The number of nitrogens with one attached hydrogen (secondary N) is 4. The molecule has 2 unspecified atom stereocenters. The summed E-state index contributed by atoms with van der Waals surface area (Å²) in [5.41, 5.74) is 4.42. The van der Waals surface area contributed by atoms with Gasteiger partial charge in [-0.1, -0.05) is 0 Å². The van der Waals surface area contributed by atoms with E-state index in [0.717, 1.165) is 5.56 Å². The Morgan fingerprint density at radius 2 is 1.14 bits per heavy atom. The molecule has 4 atom stereocenters. The van der Waals surface area contributed by atoms with Gasteiger partial charge in [-0.05, 0) is 98.5 Å². The molecule has 2 saturated heterocycles. The topological polar surface area (TPSA) is 223 Å². The average Bonchev–Trinajstić information content (AvgIpc) is 4.12. The summed E-state index contributed by atoms with van der Waals surface area (Å²) < 4.78 is 6.07. The van der Waals surface area contributed by atoms with Crippen molar-refractivity contribution in [3.05, 3.63) is 115 Å². The number of aromatic amines is 2. The van der Waals surface area contributed by atoms with E-state index < -0.39 is 36.1 Å². The Balaban J connectivity index is 0.799. The van der Waals surface area contributed by atoms with Gasteiger partial charge in [-0.2, -0.15) is 0 Å². The third-order valence-corrected chi connectivity index (χ3v) is 11.0. The third-order valence-electron chi connectivity index (χ3n) is 11.0. The number of pyridine rings is 2. The third kappa shape index (κ3) is 7.19. The van der Waals surface area contributed by atoms with Crippen molar-refractivity contribution < 1.29 is 33.8 Å². The van der Waals surface area contributed by atoms with Crippen LogP contribution in [0.4, 0.5) is 11.4 Å². The number of fused-ring (bicyclic) bond motifs is 2. The number of amides is 4. The Morgan fingerprint density at radius 3 is 1.63 bits per heavy atom. The minimum Gasteiger partial charge on any atom is -0.436 e. The summed E-state index contributed by atoms with van der Waals surface area (Å²) in [5.74, 6) is -0.899. The van der Waals surface area contributed by atoms with Crippen molar-refractivity contribution in [1.29, 1.82) is 0 Å². The summed E-state index contributed by atoms with van der Waals surface area (Å²) in [6.07, 6.45) is 7.33. The fourth-order valence-electron chi connectivity index (χ4n) is 8.00. The summed E-state index contributed by atoms with van der Waals surface area (Å²) in [4.78, 5) is 75.2. The summed E-state index contributed by atoms with van der Waals surface area (Å²) in [7, 11) is 0. The molecule has 0 bridgehead atoms. The highest BCUT2D eigenvalue weighted by Gasteiger charge is 2.39. The van der Waals surface area contributed by atoms with Crippen LogP contribution >= 0.6 is 0 Å². The minimum absolute atomic E-state index is 0.342. The molecule has 2 fully saturated rings. The van der Waals surface area contributed by atoms with Gasteiger partial charge in [0.25, 0.3) is 11.8 Å². The molecule has 7 aromatic rings. The molecule has 0 saturated carbocycles. The first kappa shape index (κ1) is 37.4. The number of aliphatic hydroxyl groups is 2. The van der Waals surface area contributed by atoms with Crippen LogP contribution in [0.15, 0.2) is 108 Å². The van der Waals surface area contributed by atoms with Crippen molar-refractivity contribution in [2.75, 3.05) is 23.7 Å². The number of oxazole rings is 1. The molecule has 16 nitrogen and oxygen atoms in total. The number of likely N-dealkylation sites (tertiary alicyclic amines) is 2. The second-order valence-corrected chi connectivity index (χ2v) is 14.6. The molecule has 0 spiro atoms. The molecule has 2 aliphatic rings. The van der Waals surface area contributed by atoms with Crippen LogP contribution in [-0.2, 0) is 19.2 Å². The van der Waals surface area contributed by atoms with Crippen LogP contribution in [0.2, 0.25) is 0 Å². The number of nitrogens with zero attached hydrogens (tertiary/aromatic N) is 5. The molecular weight excluding hydrogens is 755 g/mol. The van der Waals surface area contributed by atoms with Gasteiger partial charge in [-0.25, -0.2) is 15.0 Å². The van der Waals surface area contributed by atoms with Crippen molar-refractivity contribution in [1.82, 2.24) is 34.7 Å². The number of benzene rings is 2.